The largest absolute Gasteiger partial charge is 0.398 e. The summed E-state index contributed by atoms with van der Waals surface area (Å²) in [7, 11) is -13.3. The lowest BCUT2D eigenvalue weighted by Crippen LogP contribution is -2.15. The number of rotatable bonds is 7. The van der Waals surface area contributed by atoms with E-state index >= 15 is 0 Å². The number of hydrogen-bond donors (Lipinski definition) is 4. The van der Waals surface area contributed by atoms with Gasteiger partial charge in [0.1, 0.15) is 9.79 Å². The smallest absolute Gasteiger partial charge is 0.296 e. The van der Waals surface area contributed by atoms with Gasteiger partial charge in [-0.15, -0.1) is 0 Å². The van der Waals surface area contributed by atoms with Crippen LogP contribution in [0, 0.1) is 0 Å². The van der Waals surface area contributed by atoms with E-state index in [9.17, 15) is 34.6 Å². The molecule has 26 heavy (non-hydrogen) atoms. The van der Waals surface area contributed by atoms with Crippen molar-refractivity contribution in [2.45, 2.75) is 23.1 Å². The van der Waals surface area contributed by atoms with E-state index in [-0.39, 0.29) is 5.75 Å². The van der Waals surface area contributed by atoms with Crippen LogP contribution < -0.4 is 11.1 Å². The topological polar surface area (TPSA) is 198 Å². The maximum atomic E-state index is 11.8. The first-order chi connectivity index (χ1) is 11.7. The third-order valence-corrected chi connectivity index (χ3v) is 6.17. The molecule has 0 aliphatic carbocycles. The molecular formula is C12H16N2O9S3. The number of nitrogens with one attached hydrogen (secondary N) is 1. The lowest BCUT2D eigenvalue weighted by molar-refractivity contribution is -0.115. The average Bonchev–Trinajstić information content (AvgIpc) is 2.44. The lowest BCUT2D eigenvalue weighted by Gasteiger charge is -2.12. The average molecular weight is 428 g/mol. The van der Waals surface area contributed by atoms with Crippen molar-refractivity contribution >= 4 is 47.4 Å². The van der Waals surface area contributed by atoms with Gasteiger partial charge in [0.15, 0.2) is 9.84 Å². The van der Waals surface area contributed by atoms with Gasteiger partial charge < -0.3 is 11.1 Å². The lowest BCUT2D eigenvalue weighted by atomic mass is 10.2. The van der Waals surface area contributed by atoms with Gasteiger partial charge in [-0.3, -0.25) is 13.9 Å². The Morgan fingerprint density at radius 2 is 1.62 bits per heavy atom. The summed E-state index contributed by atoms with van der Waals surface area (Å²) in [6.45, 7) is 1.40. The maximum Gasteiger partial charge on any atom is 0.296 e. The molecule has 0 radical (unpaired) electrons. The first-order valence-electron chi connectivity index (χ1n) is 6.75. The Bertz CT molecular complexity index is 1060. The predicted octanol–water partition coefficient (Wildman–Crippen LogP) is 0.0392. The zero-order chi connectivity index (χ0) is 20.3. The summed E-state index contributed by atoms with van der Waals surface area (Å²) >= 11 is 0. The highest BCUT2D eigenvalue weighted by Crippen LogP contribution is 2.30. The van der Waals surface area contributed by atoms with Gasteiger partial charge in [-0.05, 0) is 12.1 Å². The molecule has 5 N–H and O–H groups in total. The first-order valence-corrected chi connectivity index (χ1v) is 11.3. The molecule has 0 saturated heterocycles. The molecule has 0 unspecified atom stereocenters. The number of benzene rings is 1. The van der Waals surface area contributed by atoms with Crippen molar-refractivity contribution in [3.63, 3.8) is 0 Å². The van der Waals surface area contributed by atoms with E-state index in [1.807, 2.05) is 0 Å². The summed E-state index contributed by atoms with van der Waals surface area (Å²) in [6.07, 6.45) is 0.571. The van der Waals surface area contributed by atoms with Gasteiger partial charge in [0.25, 0.3) is 20.2 Å². The standard InChI is InChI=1S/C12H16N2O9S3/c1-2-24(16,17)5-3-4-12(15)14-9-6-8(13)10(25(18,19)20)7-11(9)26(21,22)23/h3,5-7H,2,4,13H2,1H3,(H,14,15)(H,18,19,20)(H,21,22,23). The molecule has 0 aromatic heterocycles. The molecule has 0 atom stereocenters. The second kappa shape index (κ2) is 7.71. The Hall–Kier alpha value is -2.00. The van der Waals surface area contributed by atoms with Crippen molar-refractivity contribution in [1.82, 2.24) is 0 Å². The van der Waals surface area contributed by atoms with Gasteiger partial charge in [0.05, 0.1) is 17.1 Å². The highest BCUT2D eigenvalue weighted by Gasteiger charge is 2.24. The molecule has 0 heterocycles. The third-order valence-electron chi connectivity index (χ3n) is 2.95. The van der Waals surface area contributed by atoms with E-state index in [2.05, 4.69) is 5.32 Å². The molecule has 0 saturated carbocycles. The highest BCUT2D eigenvalue weighted by atomic mass is 32.2. The van der Waals surface area contributed by atoms with E-state index in [0.29, 0.717) is 6.07 Å². The van der Waals surface area contributed by atoms with Gasteiger partial charge in [0.2, 0.25) is 5.91 Å². The second-order valence-electron chi connectivity index (χ2n) is 4.91. The molecule has 1 aromatic rings. The van der Waals surface area contributed by atoms with Crippen molar-refractivity contribution in [2.75, 3.05) is 16.8 Å². The SMILES string of the molecule is CCS(=O)(=O)C=CCC(=O)Nc1cc(N)c(S(=O)(=O)O)cc1S(=O)(=O)O. The number of nitrogen functional groups attached to an aromatic ring is 1. The number of hydrogen-bond acceptors (Lipinski definition) is 8. The predicted molar refractivity (Wildman–Crippen MR) is 92.3 cm³/mol. The Morgan fingerprint density at radius 1 is 1.08 bits per heavy atom. The Morgan fingerprint density at radius 3 is 2.08 bits per heavy atom. The van der Waals surface area contributed by atoms with Crippen LogP contribution in [-0.2, 0) is 34.9 Å². The number of sulfone groups is 1. The molecule has 1 aromatic carbocycles. The molecule has 146 valence electrons. The number of carbonyl (C=O) groups excluding carboxylic acids is 1. The van der Waals surface area contributed by atoms with Crippen molar-refractivity contribution < 1.29 is 39.2 Å². The van der Waals surface area contributed by atoms with Crippen LogP contribution in [0.5, 0.6) is 0 Å². The molecule has 0 aliphatic heterocycles. The zero-order valence-electron chi connectivity index (χ0n) is 13.3. The van der Waals surface area contributed by atoms with Crippen LogP contribution >= 0.6 is 0 Å². The normalized spacial score (nSPS) is 13.0. The molecule has 11 nitrogen and oxygen atoms in total. The van der Waals surface area contributed by atoms with Crippen molar-refractivity contribution in [2.24, 2.45) is 0 Å². The molecule has 1 rings (SSSR count). The highest BCUT2D eigenvalue weighted by molar-refractivity contribution is 7.94. The van der Waals surface area contributed by atoms with Gasteiger partial charge in [-0.1, -0.05) is 13.0 Å². The summed E-state index contributed by atoms with van der Waals surface area (Å²) in [5.41, 5.74) is 4.28. The summed E-state index contributed by atoms with van der Waals surface area (Å²) in [5.74, 6) is -1.04. The monoisotopic (exact) mass is 428 g/mol. The number of carbonyl (C=O) groups is 1. The molecule has 1 amide bonds. The number of anilines is 2. The minimum absolute atomic E-state index is 0.175. The Labute approximate surface area is 150 Å². The van der Waals surface area contributed by atoms with Crippen LogP contribution in [-0.4, -0.2) is 46.0 Å². The summed E-state index contributed by atoms with van der Waals surface area (Å²) in [6, 6.07) is 1.10. The fourth-order valence-electron chi connectivity index (χ4n) is 1.71. The molecule has 14 heteroatoms. The number of nitrogens with two attached hydrogens (primary N) is 1. The second-order valence-corrected chi connectivity index (χ2v) is 9.87. The van der Waals surface area contributed by atoms with Crippen molar-refractivity contribution in [1.29, 1.82) is 0 Å². The third kappa shape index (κ3) is 6.06. The van der Waals surface area contributed by atoms with Crippen molar-refractivity contribution in [3.8, 4) is 0 Å². The van der Waals surface area contributed by atoms with Crippen LogP contribution in [0.15, 0.2) is 33.4 Å². The van der Waals surface area contributed by atoms with Crippen LogP contribution in [0.25, 0.3) is 0 Å². The molecule has 0 aliphatic rings. The van der Waals surface area contributed by atoms with Crippen molar-refractivity contribution in [3.05, 3.63) is 23.6 Å². The molecule has 0 fully saturated rings. The van der Waals surface area contributed by atoms with Gasteiger partial charge in [-0.25, -0.2) is 8.42 Å². The minimum Gasteiger partial charge on any atom is -0.398 e. The van der Waals surface area contributed by atoms with E-state index in [1.165, 1.54) is 6.92 Å². The maximum absolute atomic E-state index is 11.8. The zero-order valence-corrected chi connectivity index (χ0v) is 15.7. The minimum atomic E-state index is -4.99. The number of amides is 1. The quantitative estimate of drug-likeness (QED) is 0.339. The molecular weight excluding hydrogens is 412 g/mol. The van der Waals surface area contributed by atoms with Gasteiger partial charge >= 0.3 is 0 Å². The molecule has 0 spiro atoms. The fourth-order valence-corrected chi connectivity index (χ4v) is 3.65. The van der Waals surface area contributed by atoms with Crippen LogP contribution in [0.1, 0.15) is 13.3 Å². The first kappa shape index (κ1) is 22.0. The Balaban J connectivity index is 3.25. The van der Waals surface area contributed by atoms with Crippen LogP contribution in [0.2, 0.25) is 0 Å². The fraction of sp³-hybridized carbons (Fsp3) is 0.250. The van der Waals surface area contributed by atoms with Gasteiger partial charge in [0, 0.05) is 11.8 Å². The summed E-state index contributed by atoms with van der Waals surface area (Å²) in [5, 5.41) is 2.87. The van der Waals surface area contributed by atoms with E-state index in [1.54, 1.807) is 0 Å². The summed E-state index contributed by atoms with van der Waals surface area (Å²) in [4.78, 5) is 9.83. The Kier molecular flexibility index (Phi) is 6.54. The van der Waals surface area contributed by atoms with Gasteiger partial charge in [-0.2, -0.15) is 16.8 Å². The van der Waals surface area contributed by atoms with Crippen LogP contribution in [0.4, 0.5) is 11.4 Å². The van der Waals surface area contributed by atoms with E-state index < -0.39 is 63.6 Å². The van der Waals surface area contributed by atoms with E-state index in [0.717, 1.165) is 17.6 Å². The van der Waals surface area contributed by atoms with E-state index in [4.69, 9.17) is 10.3 Å². The van der Waals surface area contributed by atoms with Crippen LogP contribution in [0.3, 0.4) is 0 Å². The summed E-state index contributed by atoms with van der Waals surface area (Å²) < 4.78 is 85.9. The molecule has 0 bridgehead atoms.